The van der Waals surface area contributed by atoms with Gasteiger partial charge in [-0.25, -0.2) is 0 Å². The maximum atomic E-state index is 9.64. The van der Waals surface area contributed by atoms with Gasteiger partial charge in [0, 0.05) is 25.2 Å². The number of nitrogens with one attached hydrogen (secondary N) is 1. The molecule has 0 bridgehead atoms. The number of hydrogen-bond acceptors (Lipinski definition) is 3. The van der Waals surface area contributed by atoms with Crippen LogP contribution in [0, 0.1) is 10.8 Å². The van der Waals surface area contributed by atoms with Gasteiger partial charge in [0.2, 0.25) is 0 Å². The third-order valence-electron chi connectivity index (χ3n) is 8.18. The first kappa shape index (κ1) is 26.9. The van der Waals surface area contributed by atoms with Crippen molar-refractivity contribution in [1.29, 1.82) is 0 Å². The Hall–Kier alpha value is -1.68. The summed E-state index contributed by atoms with van der Waals surface area (Å²) < 4.78 is 0. The molecule has 2 aromatic rings. The Morgan fingerprint density at radius 1 is 0.618 bits per heavy atom. The molecule has 1 saturated heterocycles. The molecule has 4 rings (SSSR count). The van der Waals surface area contributed by atoms with Gasteiger partial charge in [0.25, 0.3) is 0 Å². The smallest absolute Gasteiger partial charge is 0.0499 e. The van der Waals surface area contributed by atoms with Crippen LogP contribution in [0.25, 0.3) is 0 Å². The normalized spacial score (nSPS) is 21.9. The van der Waals surface area contributed by atoms with Crippen molar-refractivity contribution in [1.82, 2.24) is 5.32 Å². The summed E-state index contributed by atoms with van der Waals surface area (Å²) in [5, 5.41) is 22.7. The zero-order chi connectivity index (χ0) is 24.0. The highest BCUT2D eigenvalue weighted by Crippen LogP contribution is 2.40. The maximum absolute atomic E-state index is 9.64. The fourth-order valence-corrected chi connectivity index (χ4v) is 5.87. The summed E-state index contributed by atoms with van der Waals surface area (Å²) in [6, 6.07) is 21.3. The molecule has 3 heteroatoms. The van der Waals surface area contributed by atoms with Gasteiger partial charge in [-0.05, 0) is 87.3 Å². The molecule has 188 valence electrons. The van der Waals surface area contributed by atoms with Crippen LogP contribution < -0.4 is 5.32 Å². The van der Waals surface area contributed by atoms with Crippen molar-refractivity contribution in [2.75, 3.05) is 26.3 Å². The molecular weight excluding hydrogens is 418 g/mol. The summed E-state index contributed by atoms with van der Waals surface area (Å²) in [6.45, 7) is 2.81. The van der Waals surface area contributed by atoms with E-state index in [1.807, 2.05) is 0 Å². The van der Waals surface area contributed by atoms with Crippen LogP contribution in [0.1, 0.15) is 81.8 Å². The van der Waals surface area contributed by atoms with Gasteiger partial charge in [0.15, 0.2) is 0 Å². The van der Waals surface area contributed by atoms with Crippen LogP contribution in [0.15, 0.2) is 60.7 Å². The van der Waals surface area contributed by atoms with Crippen molar-refractivity contribution < 1.29 is 10.2 Å². The Bertz CT molecular complexity index is 697. The maximum Gasteiger partial charge on any atom is 0.0499 e. The second kappa shape index (κ2) is 14.7. The van der Waals surface area contributed by atoms with Crippen LogP contribution in [0.2, 0.25) is 0 Å². The molecule has 0 aromatic heterocycles. The molecule has 1 atom stereocenters. The molecule has 1 unspecified atom stereocenters. The van der Waals surface area contributed by atoms with Crippen molar-refractivity contribution in [3.8, 4) is 0 Å². The Morgan fingerprint density at radius 3 is 1.59 bits per heavy atom. The molecule has 1 heterocycles. The van der Waals surface area contributed by atoms with E-state index in [-0.39, 0.29) is 10.8 Å². The average molecular weight is 466 g/mol. The van der Waals surface area contributed by atoms with E-state index in [0.717, 1.165) is 32.4 Å². The SMILES string of the molecule is OCC1(CCCc2ccccc2)CCCCC1.OCC1(CCCc2ccccc2)CCCNC1. The van der Waals surface area contributed by atoms with Crippen molar-refractivity contribution in [3.05, 3.63) is 71.8 Å². The zero-order valence-electron chi connectivity index (χ0n) is 21.2. The van der Waals surface area contributed by atoms with Gasteiger partial charge in [0.1, 0.15) is 0 Å². The van der Waals surface area contributed by atoms with Gasteiger partial charge in [-0.3, -0.25) is 0 Å². The van der Waals surface area contributed by atoms with Crippen LogP contribution in [-0.2, 0) is 12.8 Å². The number of aryl methyl sites for hydroxylation is 2. The third-order valence-corrected chi connectivity index (χ3v) is 8.18. The third kappa shape index (κ3) is 8.83. The second-order valence-electron chi connectivity index (χ2n) is 10.8. The Labute approximate surface area is 208 Å². The summed E-state index contributed by atoms with van der Waals surface area (Å²) in [5.74, 6) is 0. The second-order valence-corrected chi connectivity index (χ2v) is 10.8. The molecule has 2 aromatic carbocycles. The van der Waals surface area contributed by atoms with Gasteiger partial charge in [0.05, 0.1) is 0 Å². The first-order valence-corrected chi connectivity index (χ1v) is 13.7. The Kier molecular flexibility index (Phi) is 11.6. The molecule has 1 saturated carbocycles. The first-order valence-electron chi connectivity index (χ1n) is 13.7. The van der Waals surface area contributed by atoms with Gasteiger partial charge >= 0.3 is 0 Å². The van der Waals surface area contributed by atoms with Crippen LogP contribution in [-0.4, -0.2) is 36.5 Å². The van der Waals surface area contributed by atoms with Crippen molar-refractivity contribution in [2.24, 2.45) is 10.8 Å². The lowest BCUT2D eigenvalue weighted by atomic mass is 9.71. The van der Waals surface area contributed by atoms with Crippen molar-refractivity contribution in [2.45, 2.75) is 83.5 Å². The van der Waals surface area contributed by atoms with E-state index in [1.165, 1.54) is 75.3 Å². The summed E-state index contributed by atoms with van der Waals surface area (Å²) in [4.78, 5) is 0. The predicted molar refractivity (Wildman–Crippen MR) is 143 cm³/mol. The fraction of sp³-hybridized carbons (Fsp3) is 0.613. The predicted octanol–water partition coefficient (Wildman–Crippen LogP) is 6.32. The Morgan fingerprint density at radius 2 is 1.12 bits per heavy atom. The molecule has 0 amide bonds. The molecule has 0 spiro atoms. The van der Waals surface area contributed by atoms with Crippen LogP contribution in [0.5, 0.6) is 0 Å². The van der Waals surface area contributed by atoms with Gasteiger partial charge < -0.3 is 15.5 Å². The highest BCUT2D eigenvalue weighted by Gasteiger charge is 2.31. The summed E-state index contributed by atoms with van der Waals surface area (Å²) >= 11 is 0. The number of rotatable bonds is 10. The quantitative estimate of drug-likeness (QED) is 0.385. The highest BCUT2D eigenvalue weighted by atomic mass is 16.3. The monoisotopic (exact) mass is 465 g/mol. The molecule has 1 aliphatic heterocycles. The topological polar surface area (TPSA) is 52.5 Å². The zero-order valence-corrected chi connectivity index (χ0v) is 21.2. The lowest BCUT2D eigenvalue weighted by molar-refractivity contribution is 0.0715. The lowest BCUT2D eigenvalue weighted by Gasteiger charge is -2.36. The molecule has 2 aliphatic rings. The first-order chi connectivity index (χ1) is 16.7. The fourth-order valence-electron chi connectivity index (χ4n) is 5.87. The molecule has 0 radical (unpaired) electrons. The van der Waals surface area contributed by atoms with E-state index >= 15 is 0 Å². The van der Waals surface area contributed by atoms with E-state index in [9.17, 15) is 10.2 Å². The largest absolute Gasteiger partial charge is 0.396 e. The number of hydrogen-bond donors (Lipinski definition) is 3. The average Bonchev–Trinajstić information content (AvgIpc) is 2.91. The molecule has 2 fully saturated rings. The van der Waals surface area contributed by atoms with Gasteiger partial charge in [-0.2, -0.15) is 0 Å². The molecule has 3 N–H and O–H groups in total. The highest BCUT2D eigenvalue weighted by molar-refractivity contribution is 5.15. The van der Waals surface area contributed by atoms with E-state index < -0.39 is 0 Å². The molecule has 34 heavy (non-hydrogen) atoms. The lowest BCUT2D eigenvalue weighted by Crippen LogP contribution is -2.42. The summed E-state index contributed by atoms with van der Waals surface area (Å²) in [6.07, 6.45) is 15.8. The molecular formula is C31H47NO2. The van der Waals surface area contributed by atoms with Gasteiger partial charge in [-0.15, -0.1) is 0 Å². The summed E-state index contributed by atoms with van der Waals surface area (Å²) in [7, 11) is 0. The molecule has 3 nitrogen and oxygen atoms in total. The summed E-state index contributed by atoms with van der Waals surface area (Å²) in [5.41, 5.74) is 3.24. The van der Waals surface area contributed by atoms with E-state index in [0.29, 0.717) is 13.2 Å². The Balaban J connectivity index is 0.000000191. The minimum Gasteiger partial charge on any atom is -0.396 e. The number of aliphatic hydroxyl groups excluding tert-OH is 2. The van der Waals surface area contributed by atoms with Crippen molar-refractivity contribution >= 4 is 0 Å². The van der Waals surface area contributed by atoms with E-state index in [1.54, 1.807) is 0 Å². The van der Waals surface area contributed by atoms with Crippen LogP contribution in [0.3, 0.4) is 0 Å². The van der Waals surface area contributed by atoms with Crippen LogP contribution in [0.4, 0.5) is 0 Å². The molecule has 1 aliphatic carbocycles. The number of piperidine rings is 1. The standard InChI is InChI=1S/C16H24O.C15H23NO/c17-14-16(11-5-2-6-12-16)13-7-10-15-8-3-1-4-9-15;17-13-15(10-5-11-16-12-15)9-4-8-14-6-2-1-3-7-14/h1,3-4,8-9,17H,2,5-7,10-14H2;1-3,6-7,16-17H,4-5,8-13H2. The minimum absolute atomic E-state index is 0.146. The number of aliphatic hydroxyl groups is 2. The minimum atomic E-state index is 0.146. The van der Waals surface area contributed by atoms with Gasteiger partial charge in [-0.1, -0.05) is 79.9 Å². The van der Waals surface area contributed by atoms with Crippen molar-refractivity contribution in [3.63, 3.8) is 0 Å². The van der Waals surface area contributed by atoms with Crippen LogP contribution >= 0.6 is 0 Å². The van der Waals surface area contributed by atoms with E-state index in [4.69, 9.17) is 0 Å². The van der Waals surface area contributed by atoms with E-state index in [2.05, 4.69) is 66.0 Å². The number of benzene rings is 2.